The maximum Gasteiger partial charge on any atom is 0.203 e. The van der Waals surface area contributed by atoms with Gasteiger partial charge in [-0.05, 0) is 160 Å². The standard InChI is InChI=1S/C54H86O5/c1-36(2)15-11-16-38(4)46-24-26-49-42(19-14-30-52(46,49)9)21-23-44-35-54(57,32-28-37(44)3)59-58-45-33-43(40(6)50(55)34-45)22-20-41-18-13-31-53(10)47(25-27-48(41)53)39(5)17-12-29-51(7,8)56/h20-23,36,38-39,45-50,55-57H,3,6,11-19,24-35H2,1-2,4-5,7-10H3/t38-,39-,45-,46-,47-,48?,49?,50+,52-,53-,54+/m1/s1. The van der Waals surface area contributed by atoms with Crippen molar-refractivity contribution < 1.29 is 25.1 Å². The van der Waals surface area contributed by atoms with E-state index >= 15 is 0 Å². The number of aliphatic hydroxyl groups excluding tert-OH is 1. The van der Waals surface area contributed by atoms with Gasteiger partial charge in [-0.1, -0.05) is 128 Å². The molecule has 2 unspecified atom stereocenters. The van der Waals surface area contributed by atoms with Gasteiger partial charge in [0, 0.05) is 25.7 Å². The third-order valence-corrected chi connectivity index (χ3v) is 17.2. The van der Waals surface area contributed by atoms with Crippen molar-refractivity contribution in [2.75, 3.05) is 0 Å². The Morgan fingerprint density at radius 2 is 1.32 bits per heavy atom. The molecule has 6 fully saturated rings. The largest absolute Gasteiger partial charge is 0.390 e. The fourth-order valence-corrected chi connectivity index (χ4v) is 13.7. The van der Waals surface area contributed by atoms with Crippen LogP contribution in [-0.4, -0.2) is 38.9 Å². The number of allylic oxidation sites excluding steroid dienone is 7. The molecule has 3 N–H and O–H groups in total. The summed E-state index contributed by atoms with van der Waals surface area (Å²) >= 11 is 0. The minimum absolute atomic E-state index is 0.311. The van der Waals surface area contributed by atoms with E-state index < -0.39 is 17.5 Å². The maximum atomic E-state index is 11.8. The third kappa shape index (κ3) is 11.1. The summed E-state index contributed by atoms with van der Waals surface area (Å²) in [7, 11) is 0. The normalized spacial score (nSPS) is 39.4. The smallest absolute Gasteiger partial charge is 0.203 e. The molecule has 0 aliphatic heterocycles. The van der Waals surface area contributed by atoms with Gasteiger partial charge >= 0.3 is 0 Å². The van der Waals surface area contributed by atoms with Crippen molar-refractivity contribution in [2.45, 2.75) is 214 Å². The Morgan fingerprint density at radius 3 is 1.88 bits per heavy atom. The van der Waals surface area contributed by atoms with Crippen LogP contribution in [0.1, 0.15) is 190 Å². The first-order valence-corrected chi connectivity index (χ1v) is 24.5. The quantitative estimate of drug-likeness (QED) is 0.0872. The number of rotatable bonds is 15. The van der Waals surface area contributed by atoms with Crippen LogP contribution in [-0.2, 0) is 9.78 Å². The molecular weight excluding hydrogens is 729 g/mol. The summed E-state index contributed by atoms with van der Waals surface area (Å²) in [5, 5.41) is 33.1. The van der Waals surface area contributed by atoms with E-state index in [9.17, 15) is 15.3 Å². The van der Waals surface area contributed by atoms with E-state index in [1.165, 1.54) is 83.5 Å². The van der Waals surface area contributed by atoms with Crippen molar-refractivity contribution >= 4 is 0 Å². The average Bonchev–Trinajstić information content (AvgIpc) is 3.71. The third-order valence-electron chi connectivity index (χ3n) is 17.2. The zero-order chi connectivity index (χ0) is 42.8. The van der Waals surface area contributed by atoms with Gasteiger partial charge in [-0.3, -0.25) is 0 Å². The molecule has 6 aliphatic rings. The minimum Gasteiger partial charge on any atom is -0.390 e. The molecule has 59 heavy (non-hydrogen) atoms. The van der Waals surface area contributed by atoms with Crippen molar-refractivity contribution in [3.05, 3.63) is 70.9 Å². The Hall–Kier alpha value is -1.76. The van der Waals surface area contributed by atoms with Gasteiger partial charge < -0.3 is 15.3 Å². The molecule has 6 saturated carbocycles. The van der Waals surface area contributed by atoms with E-state index in [4.69, 9.17) is 9.78 Å². The second-order valence-corrected chi connectivity index (χ2v) is 22.6. The number of aliphatic hydroxyl groups is 3. The molecule has 0 heterocycles. The molecule has 0 aromatic heterocycles. The van der Waals surface area contributed by atoms with E-state index in [2.05, 4.69) is 79.0 Å². The van der Waals surface area contributed by atoms with Crippen molar-refractivity contribution in [3.8, 4) is 0 Å². The molecule has 0 aromatic carbocycles. The van der Waals surface area contributed by atoms with Crippen LogP contribution in [0.15, 0.2) is 70.9 Å². The Labute approximate surface area is 360 Å². The van der Waals surface area contributed by atoms with Gasteiger partial charge in [0.15, 0.2) is 0 Å². The molecule has 6 aliphatic carbocycles. The Bertz CT molecular complexity index is 1610. The zero-order valence-corrected chi connectivity index (χ0v) is 38.9. The van der Waals surface area contributed by atoms with Gasteiger partial charge in [0.1, 0.15) is 0 Å². The summed E-state index contributed by atoms with van der Waals surface area (Å²) in [5.74, 6) is 3.54. The van der Waals surface area contributed by atoms with E-state index in [-0.39, 0.29) is 6.10 Å². The van der Waals surface area contributed by atoms with Crippen LogP contribution >= 0.6 is 0 Å². The molecule has 0 spiro atoms. The molecule has 0 bridgehead atoms. The van der Waals surface area contributed by atoms with Crippen molar-refractivity contribution in [1.29, 1.82) is 0 Å². The van der Waals surface area contributed by atoms with Gasteiger partial charge in [-0.15, -0.1) is 0 Å². The predicted octanol–water partition coefficient (Wildman–Crippen LogP) is 13.6. The minimum atomic E-state index is -1.43. The molecule has 5 heteroatoms. The molecule has 0 amide bonds. The lowest BCUT2D eigenvalue weighted by Gasteiger charge is -2.44. The highest BCUT2D eigenvalue weighted by molar-refractivity contribution is 5.39. The fourth-order valence-electron chi connectivity index (χ4n) is 13.7. The monoisotopic (exact) mass is 815 g/mol. The van der Waals surface area contributed by atoms with Gasteiger partial charge in [-0.2, -0.15) is 0 Å². The molecule has 0 radical (unpaired) electrons. The highest BCUT2D eigenvalue weighted by atomic mass is 17.2. The predicted molar refractivity (Wildman–Crippen MR) is 244 cm³/mol. The second kappa shape index (κ2) is 19.3. The van der Waals surface area contributed by atoms with Gasteiger partial charge in [0.05, 0.1) is 17.8 Å². The van der Waals surface area contributed by atoms with Crippen LogP contribution < -0.4 is 0 Å². The lowest BCUT2D eigenvalue weighted by Crippen LogP contribution is -2.39. The fraction of sp³-hybridized carbons (Fsp3) is 0.778. The summed E-state index contributed by atoms with van der Waals surface area (Å²) in [6.45, 7) is 27.3. The van der Waals surface area contributed by atoms with E-state index in [0.717, 1.165) is 59.3 Å². The molecule has 0 saturated heterocycles. The van der Waals surface area contributed by atoms with Gasteiger partial charge in [0.25, 0.3) is 0 Å². The van der Waals surface area contributed by atoms with E-state index in [1.54, 1.807) is 11.1 Å². The van der Waals surface area contributed by atoms with Crippen molar-refractivity contribution in [2.24, 2.45) is 52.3 Å². The van der Waals surface area contributed by atoms with E-state index in [0.29, 0.717) is 66.6 Å². The van der Waals surface area contributed by atoms with Gasteiger partial charge in [0.2, 0.25) is 5.79 Å². The van der Waals surface area contributed by atoms with Gasteiger partial charge in [-0.25, -0.2) is 9.78 Å². The highest BCUT2D eigenvalue weighted by Crippen LogP contribution is 2.61. The lowest BCUT2D eigenvalue weighted by molar-refractivity contribution is -0.440. The van der Waals surface area contributed by atoms with Crippen molar-refractivity contribution in [1.82, 2.24) is 0 Å². The Kier molecular flexibility index (Phi) is 15.3. The second-order valence-electron chi connectivity index (χ2n) is 22.6. The summed E-state index contributed by atoms with van der Waals surface area (Å²) < 4.78 is 0. The first-order valence-electron chi connectivity index (χ1n) is 24.5. The Morgan fingerprint density at radius 1 is 0.763 bits per heavy atom. The zero-order valence-electron chi connectivity index (χ0n) is 38.9. The maximum absolute atomic E-state index is 11.8. The van der Waals surface area contributed by atoms with Crippen LogP contribution in [0.25, 0.3) is 0 Å². The van der Waals surface area contributed by atoms with Crippen LogP contribution in [0.3, 0.4) is 0 Å². The molecule has 6 rings (SSSR count). The summed E-state index contributed by atoms with van der Waals surface area (Å²) in [4.78, 5) is 12.1. The molecule has 0 aromatic rings. The number of fused-ring (bicyclic) bond motifs is 2. The highest BCUT2D eigenvalue weighted by Gasteiger charge is 2.52. The summed E-state index contributed by atoms with van der Waals surface area (Å²) in [5.41, 5.74) is 7.16. The van der Waals surface area contributed by atoms with Crippen molar-refractivity contribution in [3.63, 3.8) is 0 Å². The SMILES string of the molecule is C=C1CC[C@](O)(OO[C@@H]2CC(=CC=C3CCC[C@@]4(C)C3CC[C@@H]4[C@H](C)CCCC(C)(C)O)C(=C)[C@@H](O)C2)CC1=CC=C1CCC[C@@]2(C)C1CC[C@@H]2[C@H](C)CCCC(C)C. The molecule has 11 atom stereocenters. The summed E-state index contributed by atoms with van der Waals surface area (Å²) in [6, 6.07) is 0. The Balaban J connectivity index is 1.06. The molecular formula is C54H86O5. The van der Waals surface area contributed by atoms with Crippen LogP contribution in [0, 0.1) is 52.3 Å². The molecule has 5 nitrogen and oxygen atoms in total. The van der Waals surface area contributed by atoms with E-state index in [1.807, 2.05) is 13.8 Å². The van der Waals surface area contributed by atoms with Crippen LogP contribution in [0.5, 0.6) is 0 Å². The molecule has 332 valence electrons. The van der Waals surface area contributed by atoms with Crippen LogP contribution in [0.2, 0.25) is 0 Å². The summed E-state index contributed by atoms with van der Waals surface area (Å²) in [6.07, 6.45) is 30.3. The first-order chi connectivity index (χ1) is 27.8. The lowest BCUT2D eigenvalue weighted by atomic mass is 9.60. The average molecular weight is 815 g/mol. The van der Waals surface area contributed by atoms with Crippen LogP contribution in [0.4, 0.5) is 0 Å². The first kappa shape index (κ1) is 46.7. The topological polar surface area (TPSA) is 79.2 Å². The number of hydrogen-bond acceptors (Lipinski definition) is 5. The number of hydrogen-bond donors (Lipinski definition) is 3.